The lowest BCUT2D eigenvalue weighted by atomic mass is 10.1. The van der Waals surface area contributed by atoms with Crippen molar-refractivity contribution >= 4 is 33.3 Å². The van der Waals surface area contributed by atoms with Crippen LogP contribution in [0.1, 0.15) is 36.2 Å². The number of sulfonamides is 1. The summed E-state index contributed by atoms with van der Waals surface area (Å²) in [5, 5.41) is 2.73. The Kier molecular flexibility index (Phi) is 7.39. The average molecular weight is 419 g/mol. The molecule has 156 valence electrons. The highest BCUT2D eigenvalue weighted by Gasteiger charge is 2.31. The van der Waals surface area contributed by atoms with Gasteiger partial charge in [-0.1, -0.05) is 24.6 Å². The van der Waals surface area contributed by atoms with Gasteiger partial charge in [-0.05, 0) is 56.7 Å². The fraction of sp³-hybridized carbons (Fsp3) is 0.333. The Morgan fingerprint density at radius 3 is 2.10 bits per heavy atom. The number of nitrogens with zero attached hydrogens (tertiary/aromatic N) is 1. The number of hydrogen-bond acceptors (Lipinski definition) is 5. The van der Waals surface area contributed by atoms with Crippen LogP contribution in [0.15, 0.2) is 48.5 Å². The molecule has 0 fully saturated rings. The monoisotopic (exact) mass is 418 g/mol. The lowest BCUT2D eigenvalue weighted by Crippen LogP contribution is -2.47. The first-order valence-corrected chi connectivity index (χ1v) is 11.2. The molecule has 2 aromatic carbocycles. The number of anilines is 2. The van der Waals surface area contributed by atoms with E-state index >= 15 is 0 Å². The molecule has 0 aliphatic rings. The standard InChI is InChI=1S/C21H26N2O5S/c1-5-19(23(29(4,26)27)18-13-7-15(3)8-14-18)20(24)22-17-11-9-16(10-12-17)21(25)28-6-2/h7-14,19H,5-6H2,1-4H3,(H,22,24). The third-order valence-corrected chi connectivity index (χ3v) is 5.46. The number of carbonyl (C=O) groups is 2. The Labute approximate surface area is 171 Å². The number of rotatable bonds is 8. The molecule has 1 amide bonds. The zero-order valence-corrected chi connectivity index (χ0v) is 17.8. The highest BCUT2D eigenvalue weighted by Crippen LogP contribution is 2.24. The molecule has 29 heavy (non-hydrogen) atoms. The van der Waals surface area contributed by atoms with E-state index in [0.717, 1.165) is 16.1 Å². The van der Waals surface area contributed by atoms with Gasteiger partial charge in [0.1, 0.15) is 6.04 Å². The van der Waals surface area contributed by atoms with E-state index in [0.29, 0.717) is 16.9 Å². The fourth-order valence-corrected chi connectivity index (χ4v) is 4.09. The van der Waals surface area contributed by atoms with Crippen LogP contribution in [0.25, 0.3) is 0 Å². The summed E-state index contributed by atoms with van der Waals surface area (Å²) in [4.78, 5) is 24.6. The van der Waals surface area contributed by atoms with Gasteiger partial charge in [-0.2, -0.15) is 0 Å². The highest BCUT2D eigenvalue weighted by atomic mass is 32.2. The van der Waals surface area contributed by atoms with Gasteiger partial charge in [0, 0.05) is 5.69 Å². The summed E-state index contributed by atoms with van der Waals surface area (Å²) in [5.41, 5.74) is 2.24. The SMILES string of the molecule is CCOC(=O)c1ccc(NC(=O)C(CC)N(c2ccc(C)cc2)S(C)(=O)=O)cc1. The Morgan fingerprint density at radius 2 is 1.62 bits per heavy atom. The lowest BCUT2D eigenvalue weighted by molar-refractivity contribution is -0.117. The summed E-state index contributed by atoms with van der Waals surface area (Å²) < 4.78 is 31.0. The van der Waals surface area contributed by atoms with Crippen LogP contribution in [0.5, 0.6) is 0 Å². The van der Waals surface area contributed by atoms with E-state index in [4.69, 9.17) is 4.74 Å². The summed E-state index contributed by atoms with van der Waals surface area (Å²) in [6.45, 7) is 5.65. The molecular weight excluding hydrogens is 392 g/mol. The molecule has 1 N–H and O–H groups in total. The molecule has 1 unspecified atom stereocenters. The largest absolute Gasteiger partial charge is 0.462 e. The zero-order valence-electron chi connectivity index (χ0n) is 17.0. The number of hydrogen-bond donors (Lipinski definition) is 1. The predicted octanol–water partition coefficient (Wildman–Crippen LogP) is 3.36. The molecule has 0 aliphatic carbocycles. The first kappa shape index (κ1) is 22.4. The van der Waals surface area contributed by atoms with Crippen LogP contribution in [0.3, 0.4) is 0 Å². The Morgan fingerprint density at radius 1 is 1.03 bits per heavy atom. The lowest BCUT2D eigenvalue weighted by Gasteiger charge is -2.30. The molecule has 2 aromatic rings. The van der Waals surface area contributed by atoms with Gasteiger partial charge >= 0.3 is 5.97 Å². The molecule has 1 atom stereocenters. The van der Waals surface area contributed by atoms with Gasteiger partial charge in [0.15, 0.2) is 0 Å². The minimum atomic E-state index is -3.69. The number of carbonyl (C=O) groups excluding carboxylic acids is 2. The van der Waals surface area contributed by atoms with Crippen molar-refractivity contribution in [3.63, 3.8) is 0 Å². The first-order valence-electron chi connectivity index (χ1n) is 9.31. The number of nitrogens with one attached hydrogen (secondary N) is 1. The van der Waals surface area contributed by atoms with Crippen molar-refractivity contribution in [3.8, 4) is 0 Å². The molecule has 0 spiro atoms. The first-order chi connectivity index (χ1) is 13.7. The van der Waals surface area contributed by atoms with Crippen molar-refractivity contribution in [2.45, 2.75) is 33.2 Å². The van der Waals surface area contributed by atoms with Gasteiger partial charge in [0.2, 0.25) is 15.9 Å². The molecule has 2 rings (SSSR count). The quantitative estimate of drug-likeness (QED) is 0.664. The van der Waals surface area contributed by atoms with Crippen LogP contribution in [0, 0.1) is 6.92 Å². The highest BCUT2D eigenvalue weighted by molar-refractivity contribution is 7.92. The second-order valence-electron chi connectivity index (χ2n) is 6.61. The van der Waals surface area contributed by atoms with Crippen molar-refractivity contribution in [1.82, 2.24) is 0 Å². The van der Waals surface area contributed by atoms with E-state index in [-0.39, 0.29) is 13.0 Å². The second-order valence-corrected chi connectivity index (χ2v) is 8.46. The van der Waals surface area contributed by atoms with Gasteiger partial charge in [0.25, 0.3) is 0 Å². The Balaban J connectivity index is 2.25. The van der Waals surface area contributed by atoms with Crippen molar-refractivity contribution < 1.29 is 22.7 Å². The predicted molar refractivity (Wildman–Crippen MR) is 114 cm³/mol. The maximum Gasteiger partial charge on any atom is 0.338 e. The van der Waals surface area contributed by atoms with Crippen LogP contribution in [-0.4, -0.2) is 39.2 Å². The summed E-state index contributed by atoms with van der Waals surface area (Å²) in [5.74, 6) is -0.901. The fourth-order valence-electron chi connectivity index (χ4n) is 2.88. The number of esters is 1. The summed E-state index contributed by atoms with van der Waals surface area (Å²) >= 11 is 0. The van der Waals surface area contributed by atoms with Crippen LogP contribution >= 0.6 is 0 Å². The third kappa shape index (κ3) is 5.80. The Hall–Kier alpha value is -2.87. The molecule has 7 nitrogen and oxygen atoms in total. The third-order valence-electron chi connectivity index (χ3n) is 4.28. The van der Waals surface area contributed by atoms with Gasteiger partial charge in [-0.15, -0.1) is 0 Å². The van der Waals surface area contributed by atoms with E-state index in [1.807, 2.05) is 6.92 Å². The summed E-state index contributed by atoms with van der Waals surface area (Å²) in [7, 11) is -3.69. The molecule has 0 aromatic heterocycles. The number of amides is 1. The number of aryl methyl sites for hydroxylation is 1. The van der Waals surface area contributed by atoms with E-state index in [1.165, 1.54) is 0 Å². The van der Waals surface area contributed by atoms with E-state index in [1.54, 1.807) is 62.4 Å². The summed E-state index contributed by atoms with van der Waals surface area (Å²) in [6.07, 6.45) is 1.37. The van der Waals surface area contributed by atoms with Crippen molar-refractivity contribution in [2.24, 2.45) is 0 Å². The number of benzene rings is 2. The van der Waals surface area contributed by atoms with Crippen molar-refractivity contribution in [1.29, 1.82) is 0 Å². The Bertz CT molecular complexity index is 954. The topological polar surface area (TPSA) is 92.8 Å². The molecule has 0 saturated carbocycles. The van der Waals surface area contributed by atoms with Crippen LogP contribution in [0.2, 0.25) is 0 Å². The van der Waals surface area contributed by atoms with Crippen LogP contribution < -0.4 is 9.62 Å². The smallest absolute Gasteiger partial charge is 0.338 e. The minimum Gasteiger partial charge on any atom is -0.462 e. The molecular formula is C21H26N2O5S. The molecule has 0 heterocycles. The molecule has 8 heteroatoms. The molecule has 0 aliphatic heterocycles. The van der Waals surface area contributed by atoms with E-state index < -0.39 is 27.9 Å². The van der Waals surface area contributed by atoms with Crippen LogP contribution in [0.4, 0.5) is 11.4 Å². The van der Waals surface area contributed by atoms with E-state index in [2.05, 4.69) is 5.32 Å². The van der Waals surface area contributed by atoms with Gasteiger partial charge in [-0.25, -0.2) is 13.2 Å². The van der Waals surface area contributed by atoms with Crippen LogP contribution in [-0.2, 0) is 19.6 Å². The number of ether oxygens (including phenoxy) is 1. The molecule has 0 saturated heterocycles. The maximum absolute atomic E-state index is 12.9. The maximum atomic E-state index is 12.9. The zero-order chi connectivity index (χ0) is 21.6. The van der Waals surface area contributed by atoms with Gasteiger partial charge in [0.05, 0.1) is 24.1 Å². The average Bonchev–Trinajstić information content (AvgIpc) is 2.66. The van der Waals surface area contributed by atoms with Gasteiger partial charge in [-0.3, -0.25) is 9.10 Å². The summed E-state index contributed by atoms with van der Waals surface area (Å²) in [6, 6.07) is 12.3. The molecule has 0 bridgehead atoms. The molecule has 0 radical (unpaired) electrons. The van der Waals surface area contributed by atoms with Crippen molar-refractivity contribution in [3.05, 3.63) is 59.7 Å². The van der Waals surface area contributed by atoms with Gasteiger partial charge < -0.3 is 10.1 Å². The minimum absolute atomic E-state index is 0.274. The van der Waals surface area contributed by atoms with E-state index in [9.17, 15) is 18.0 Å². The van der Waals surface area contributed by atoms with Crippen molar-refractivity contribution in [2.75, 3.05) is 22.5 Å². The normalized spacial score (nSPS) is 12.1. The second kappa shape index (κ2) is 9.56.